The van der Waals surface area contributed by atoms with Crippen LogP contribution in [-0.2, 0) is 6.54 Å². The highest BCUT2D eigenvalue weighted by atomic mass is 32.1. The first kappa shape index (κ1) is 15.8. The number of aryl methyl sites for hydroxylation is 1. The topological polar surface area (TPSA) is 59.0 Å². The molecule has 1 aliphatic heterocycles. The molecule has 1 aromatic heterocycles. The fourth-order valence-corrected chi connectivity index (χ4v) is 3.80. The maximum Gasteiger partial charge on any atom is 0.255 e. The number of β-amino-alcohol motifs (C(OH)–C–C–N with tert-alkyl or cyclic N) is 1. The van der Waals surface area contributed by atoms with Crippen LogP contribution in [-0.4, -0.2) is 36.7 Å². The van der Waals surface area contributed by atoms with Crippen molar-refractivity contribution in [2.24, 2.45) is 0 Å². The number of methoxy groups -OCH3 is 2. The quantitative estimate of drug-likeness (QED) is 0.938. The Kier molecular flexibility index (Phi) is 4.28. The van der Waals surface area contributed by atoms with Crippen molar-refractivity contribution >= 4 is 17.2 Å². The number of benzene rings is 1. The normalized spacial score (nSPS) is 16.9. The van der Waals surface area contributed by atoms with Crippen LogP contribution < -0.4 is 9.47 Å². The third-order valence-corrected chi connectivity index (χ3v) is 5.02. The van der Waals surface area contributed by atoms with E-state index >= 15 is 0 Å². The minimum atomic E-state index is -0.799. The van der Waals surface area contributed by atoms with Crippen LogP contribution in [0.25, 0.3) is 0 Å². The summed E-state index contributed by atoms with van der Waals surface area (Å²) in [7, 11) is 3.15. The Hall–Kier alpha value is -2.05. The first-order valence-corrected chi connectivity index (χ1v) is 8.25. The van der Waals surface area contributed by atoms with E-state index in [9.17, 15) is 9.90 Å². The van der Waals surface area contributed by atoms with Crippen LogP contribution in [0.3, 0.4) is 0 Å². The molecule has 23 heavy (non-hydrogen) atoms. The number of amides is 1. The van der Waals surface area contributed by atoms with Gasteiger partial charge < -0.3 is 19.5 Å². The van der Waals surface area contributed by atoms with Gasteiger partial charge in [-0.2, -0.15) is 11.3 Å². The van der Waals surface area contributed by atoms with E-state index in [2.05, 4.69) is 0 Å². The number of aliphatic hydroxyl groups excluding tert-OH is 1. The van der Waals surface area contributed by atoms with Gasteiger partial charge in [0.05, 0.1) is 32.9 Å². The smallest absolute Gasteiger partial charge is 0.255 e. The van der Waals surface area contributed by atoms with E-state index in [0.717, 1.165) is 11.1 Å². The van der Waals surface area contributed by atoms with Crippen molar-refractivity contribution in [3.8, 4) is 11.5 Å². The van der Waals surface area contributed by atoms with E-state index < -0.39 is 6.10 Å². The van der Waals surface area contributed by atoms with Crippen molar-refractivity contribution < 1.29 is 19.4 Å². The Morgan fingerprint density at radius 3 is 2.57 bits per heavy atom. The van der Waals surface area contributed by atoms with Gasteiger partial charge in [0.25, 0.3) is 5.91 Å². The molecule has 0 saturated carbocycles. The Labute approximate surface area is 139 Å². The summed E-state index contributed by atoms with van der Waals surface area (Å²) in [6, 6.07) is 3.58. The third kappa shape index (κ3) is 2.68. The number of fused-ring (bicyclic) bond motifs is 1. The number of rotatable bonds is 3. The summed E-state index contributed by atoms with van der Waals surface area (Å²) in [6.07, 6.45) is -0.799. The average Bonchev–Trinajstić information content (AvgIpc) is 2.98. The van der Waals surface area contributed by atoms with Crippen LogP contribution in [0.2, 0.25) is 0 Å². The first-order chi connectivity index (χ1) is 11.1. The molecule has 0 spiro atoms. The highest BCUT2D eigenvalue weighted by Crippen LogP contribution is 2.39. The molecule has 0 saturated heterocycles. The molecule has 1 aromatic carbocycles. The standard InChI is InChI=1S/C17H19NO4S/c1-10-8-23-9-12(10)17(20)18-6-11-14(21-2)4-5-15(22-3)16(11)13(19)7-18/h4-5,8-9,13,19H,6-7H2,1-3H3/t13-/m1/s1. The summed E-state index contributed by atoms with van der Waals surface area (Å²) in [4.78, 5) is 14.4. The van der Waals surface area contributed by atoms with Gasteiger partial charge in [0, 0.05) is 16.5 Å². The van der Waals surface area contributed by atoms with Gasteiger partial charge in [-0.25, -0.2) is 0 Å². The molecule has 3 rings (SSSR count). The Balaban J connectivity index is 2.00. The molecular formula is C17H19NO4S. The lowest BCUT2D eigenvalue weighted by atomic mass is 9.94. The van der Waals surface area contributed by atoms with Gasteiger partial charge in [-0.05, 0) is 30.0 Å². The predicted octanol–water partition coefficient (Wildman–Crippen LogP) is 2.76. The second kappa shape index (κ2) is 6.22. The fourth-order valence-electron chi connectivity index (χ4n) is 2.98. The van der Waals surface area contributed by atoms with E-state index in [1.54, 1.807) is 31.3 Å². The molecule has 1 N–H and O–H groups in total. The first-order valence-electron chi connectivity index (χ1n) is 7.30. The van der Waals surface area contributed by atoms with Gasteiger partial charge in [0.2, 0.25) is 0 Å². The highest BCUT2D eigenvalue weighted by Gasteiger charge is 2.32. The van der Waals surface area contributed by atoms with Crippen molar-refractivity contribution in [3.63, 3.8) is 0 Å². The van der Waals surface area contributed by atoms with Crippen LogP contribution in [0.1, 0.15) is 33.2 Å². The van der Waals surface area contributed by atoms with Crippen molar-refractivity contribution in [1.82, 2.24) is 4.90 Å². The van der Waals surface area contributed by atoms with Crippen LogP contribution in [0.15, 0.2) is 22.9 Å². The van der Waals surface area contributed by atoms with Crippen molar-refractivity contribution in [2.45, 2.75) is 19.6 Å². The Morgan fingerprint density at radius 1 is 1.26 bits per heavy atom. The van der Waals surface area contributed by atoms with Crippen LogP contribution >= 0.6 is 11.3 Å². The molecule has 0 radical (unpaired) electrons. The Morgan fingerprint density at radius 2 is 1.96 bits per heavy atom. The minimum absolute atomic E-state index is 0.0710. The van der Waals surface area contributed by atoms with E-state index in [1.807, 2.05) is 17.7 Å². The maximum absolute atomic E-state index is 12.7. The highest BCUT2D eigenvalue weighted by molar-refractivity contribution is 7.08. The zero-order valence-corrected chi connectivity index (χ0v) is 14.1. The molecule has 1 atom stereocenters. The maximum atomic E-state index is 12.7. The molecule has 6 heteroatoms. The lowest BCUT2D eigenvalue weighted by Crippen LogP contribution is -2.38. The number of thiophene rings is 1. The van der Waals surface area contributed by atoms with Gasteiger partial charge in [-0.15, -0.1) is 0 Å². The van der Waals surface area contributed by atoms with Gasteiger partial charge in [-0.1, -0.05) is 0 Å². The van der Waals surface area contributed by atoms with Gasteiger partial charge in [-0.3, -0.25) is 4.79 Å². The summed E-state index contributed by atoms with van der Waals surface area (Å²) >= 11 is 1.50. The van der Waals surface area contributed by atoms with Crippen molar-refractivity contribution in [3.05, 3.63) is 45.1 Å². The largest absolute Gasteiger partial charge is 0.496 e. The molecule has 2 heterocycles. The molecule has 122 valence electrons. The van der Waals surface area contributed by atoms with E-state index in [0.29, 0.717) is 29.2 Å². The third-order valence-electron chi connectivity index (χ3n) is 4.16. The summed E-state index contributed by atoms with van der Waals surface area (Å²) < 4.78 is 10.8. The number of ether oxygens (including phenoxy) is 2. The Bertz CT molecular complexity index is 740. The van der Waals surface area contributed by atoms with Crippen LogP contribution in [0, 0.1) is 6.92 Å². The van der Waals surface area contributed by atoms with Gasteiger partial charge in [0.1, 0.15) is 17.6 Å². The molecule has 0 aliphatic carbocycles. The predicted molar refractivity (Wildman–Crippen MR) is 88.3 cm³/mol. The number of hydrogen-bond donors (Lipinski definition) is 1. The van der Waals surface area contributed by atoms with Gasteiger partial charge >= 0.3 is 0 Å². The van der Waals surface area contributed by atoms with Crippen LogP contribution in [0.5, 0.6) is 11.5 Å². The molecule has 1 aliphatic rings. The van der Waals surface area contributed by atoms with Crippen molar-refractivity contribution in [2.75, 3.05) is 20.8 Å². The van der Waals surface area contributed by atoms with E-state index in [-0.39, 0.29) is 12.5 Å². The summed E-state index contributed by atoms with van der Waals surface area (Å²) in [5, 5.41) is 14.4. The molecule has 1 amide bonds. The zero-order chi connectivity index (χ0) is 16.6. The number of hydrogen-bond acceptors (Lipinski definition) is 5. The summed E-state index contributed by atoms with van der Waals surface area (Å²) in [5.74, 6) is 1.20. The van der Waals surface area contributed by atoms with Crippen molar-refractivity contribution in [1.29, 1.82) is 0 Å². The number of aliphatic hydroxyl groups is 1. The van der Waals surface area contributed by atoms with Gasteiger partial charge in [0.15, 0.2) is 0 Å². The van der Waals surface area contributed by atoms with E-state index in [4.69, 9.17) is 9.47 Å². The molecule has 0 bridgehead atoms. The lowest BCUT2D eigenvalue weighted by molar-refractivity contribution is 0.0538. The molecular weight excluding hydrogens is 314 g/mol. The zero-order valence-electron chi connectivity index (χ0n) is 13.3. The molecule has 0 fully saturated rings. The minimum Gasteiger partial charge on any atom is -0.496 e. The number of carbonyl (C=O) groups is 1. The number of nitrogens with zero attached hydrogens (tertiary/aromatic N) is 1. The van der Waals surface area contributed by atoms with E-state index in [1.165, 1.54) is 11.3 Å². The fraction of sp³-hybridized carbons (Fsp3) is 0.353. The summed E-state index contributed by atoms with van der Waals surface area (Å²) in [5.41, 5.74) is 3.15. The average molecular weight is 333 g/mol. The molecule has 5 nitrogen and oxygen atoms in total. The second-order valence-corrected chi connectivity index (χ2v) is 6.28. The monoisotopic (exact) mass is 333 g/mol. The number of carbonyl (C=O) groups excluding carboxylic acids is 1. The summed E-state index contributed by atoms with van der Waals surface area (Å²) in [6.45, 7) is 2.55. The molecule has 0 unspecified atom stereocenters. The SMILES string of the molecule is COc1ccc(OC)c2c1CN(C(=O)c1cscc1C)C[C@H]2O. The molecule has 2 aromatic rings. The lowest BCUT2D eigenvalue weighted by Gasteiger charge is -2.34. The second-order valence-electron chi connectivity index (χ2n) is 5.53. The van der Waals surface area contributed by atoms with Crippen LogP contribution in [0.4, 0.5) is 0 Å².